The Labute approximate surface area is 151 Å². The third-order valence-electron chi connectivity index (χ3n) is 4.28. The van der Waals surface area contributed by atoms with E-state index in [9.17, 15) is 10.1 Å². The molecule has 0 saturated carbocycles. The summed E-state index contributed by atoms with van der Waals surface area (Å²) in [6.45, 7) is 1.46. The fourth-order valence-corrected chi connectivity index (χ4v) is 3.37. The van der Waals surface area contributed by atoms with Crippen molar-refractivity contribution in [2.24, 2.45) is 11.1 Å². The predicted molar refractivity (Wildman–Crippen MR) is 99.0 cm³/mol. The number of carbonyl (C=O) groups excluding carboxylic acids is 1. The van der Waals surface area contributed by atoms with Crippen LogP contribution in [0.25, 0.3) is 0 Å². The Morgan fingerprint density at radius 3 is 3.04 bits per heavy atom. The normalized spacial score (nSPS) is 17.0. The maximum absolute atomic E-state index is 12.6. The second kappa shape index (κ2) is 8.01. The van der Waals surface area contributed by atoms with Crippen molar-refractivity contribution in [3.63, 3.8) is 0 Å². The fraction of sp³-hybridized carbons (Fsp3) is 0.278. The fourth-order valence-electron chi connectivity index (χ4n) is 3.05. The van der Waals surface area contributed by atoms with Gasteiger partial charge in [0.2, 0.25) is 5.91 Å². The highest BCUT2D eigenvalue weighted by Crippen LogP contribution is 2.27. The highest BCUT2D eigenvalue weighted by molar-refractivity contribution is 7.97. The molecule has 6 nitrogen and oxygen atoms in total. The van der Waals surface area contributed by atoms with Gasteiger partial charge in [0.25, 0.3) is 0 Å². The number of para-hydroxylation sites is 1. The summed E-state index contributed by atoms with van der Waals surface area (Å²) in [7, 11) is 0. The van der Waals surface area contributed by atoms with Crippen LogP contribution in [0.3, 0.4) is 0 Å². The van der Waals surface area contributed by atoms with Crippen molar-refractivity contribution in [3.05, 3.63) is 48.2 Å². The van der Waals surface area contributed by atoms with Crippen molar-refractivity contribution in [2.45, 2.75) is 17.9 Å². The number of aromatic nitrogens is 1. The molecular formula is C18H19N5OS. The van der Waals surface area contributed by atoms with E-state index in [1.54, 1.807) is 18.3 Å². The molecule has 0 radical (unpaired) electrons. The van der Waals surface area contributed by atoms with E-state index in [1.165, 1.54) is 0 Å². The third kappa shape index (κ3) is 4.10. The minimum absolute atomic E-state index is 0.0155. The van der Waals surface area contributed by atoms with E-state index in [0.717, 1.165) is 37.0 Å². The Hall–Kier alpha value is -2.56. The smallest absolute Gasteiger partial charge is 0.229 e. The monoisotopic (exact) mass is 353 g/mol. The predicted octanol–water partition coefficient (Wildman–Crippen LogP) is 2.77. The van der Waals surface area contributed by atoms with Crippen LogP contribution in [0.2, 0.25) is 0 Å². The molecule has 2 heterocycles. The number of rotatable bonds is 4. The van der Waals surface area contributed by atoms with E-state index < -0.39 is 0 Å². The summed E-state index contributed by atoms with van der Waals surface area (Å²) in [5.41, 5.74) is 2.23. The van der Waals surface area contributed by atoms with Crippen molar-refractivity contribution < 1.29 is 4.79 Å². The van der Waals surface area contributed by atoms with Gasteiger partial charge in [0, 0.05) is 25.0 Å². The summed E-state index contributed by atoms with van der Waals surface area (Å²) in [5.74, 6) is -0.138. The SMILES string of the molecule is N#Cc1ccccc1N1CCCC(C(=O)Nc2ccnc(SN)c2)C1. The zero-order valence-corrected chi connectivity index (χ0v) is 14.5. The van der Waals surface area contributed by atoms with E-state index in [0.29, 0.717) is 22.8 Å². The summed E-state index contributed by atoms with van der Waals surface area (Å²) < 4.78 is 0. The standard InChI is InChI=1S/C18H19N5OS/c19-11-13-4-1-2-6-16(13)23-9-3-5-14(12-23)18(24)22-15-7-8-21-17(10-15)25-20/h1-2,4,6-8,10,14H,3,5,9,12,20H2,(H,21,22,24). The zero-order valence-electron chi connectivity index (χ0n) is 13.7. The summed E-state index contributed by atoms with van der Waals surface area (Å²) in [5, 5.41) is 18.4. The Bertz CT molecular complexity index is 804. The number of hydrogen-bond donors (Lipinski definition) is 2. The summed E-state index contributed by atoms with van der Waals surface area (Å²) in [4.78, 5) is 18.9. The molecule has 1 saturated heterocycles. The van der Waals surface area contributed by atoms with E-state index in [4.69, 9.17) is 5.14 Å². The van der Waals surface area contributed by atoms with Gasteiger partial charge in [-0.25, -0.2) is 4.98 Å². The first-order valence-electron chi connectivity index (χ1n) is 8.09. The quantitative estimate of drug-likeness (QED) is 0.821. The van der Waals surface area contributed by atoms with Gasteiger partial charge in [-0.05, 0) is 49.1 Å². The first-order valence-corrected chi connectivity index (χ1v) is 8.97. The van der Waals surface area contributed by atoms with Crippen LogP contribution in [0.5, 0.6) is 0 Å². The van der Waals surface area contributed by atoms with Crippen molar-refractivity contribution in [1.82, 2.24) is 4.98 Å². The number of pyridine rings is 1. The van der Waals surface area contributed by atoms with Crippen molar-refractivity contribution in [1.29, 1.82) is 5.26 Å². The third-order valence-corrected chi connectivity index (χ3v) is 4.75. The number of benzene rings is 1. The Morgan fingerprint density at radius 2 is 2.24 bits per heavy atom. The van der Waals surface area contributed by atoms with Crippen LogP contribution in [0.4, 0.5) is 11.4 Å². The molecule has 1 fully saturated rings. The van der Waals surface area contributed by atoms with Gasteiger partial charge >= 0.3 is 0 Å². The first kappa shape index (κ1) is 17.3. The summed E-state index contributed by atoms with van der Waals surface area (Å²) >= 11 is 1.05. The van der Waals surface area contributed by atoms with Gasteiger partial charge in [-0.2, -0.15) is 5.26 Å². The largest absolute Gasteiger partial charge is 0.370 e. The van der Waals surface area contributed by atoms with Gasteiger partial charge in [0.1, 0.15) is 11.1 Å². The number of nitrogens with two attached hydrogens (primary N) is 1. The lowest BCUT2D eigenvalue weighted by Crippen LogP contribution is -2.41. The number of nitrogens with zero attached hydrogens (tertiary/aromatic N) is 3. The highest BCUT2D eigenvalue weighted by Gasteiger charge is 2.27. The van der Waals surface area contributed by atoms with Crippen LogP contribution < -0.4 is 15.4 Å². The molecular weight excluding hydrogens is 334 g/mol. The van der Waals surface area contributed by atoms with Crippen molar-refractivity contribution >= 4 is 29.2 Å². The van der Waals surface area contributed by atoms with Gasteiger partial charge in [0.05, 0.1) is 17.2 Å². The van der Waals surface area contributed by atoms with Crippen LogP contribution >= 0.6 is 11.9 Å². The van der Waals surface area contributed by atoms with Crippen molar-refractivity contribution in [3.8, 4) is 6.07 Å². The number of nitriles is 1. The number of anilines is 2. The number of carbonyl (C=O) groups is 1. The molecule has 3 rings (SSSR count). The summed E-state index contributed by atoms with van der Waals surface area (Å²) in [6, 6.07) is 13.3. The lowest BCUT2D eigenvalue weighted by atomic mass is 9.96. The van der Waals surface area contributed by atoms with Crippen LogP contribution in [0.1, 0.15) is 18.4 Å². The molecule has 3 N–H and O–H groups in total. The average Bonchev–Trinajstić information content (AvgIpc) is 2.68. The van der Waals surface area contributed by atoms with Gasteiger partial charge in [-0.3, -0.25) is 9.93 Å². The molecule has 128 valence electrons. The molecule has 0 bridgehead atoms. The Kier molecular flexibility index (Phi) is 5.53. The Morgan fingerprint density at radius 1 is 1.40 bits per heavy atom. The number of piperidine rings is 1. The molecule has 1 atom stereocenters. The molecule has 0 spiro atoms. The molecule has 1 amide bonds. The minimum atomic E-state index is -0.123. The highest BCUT2D eigenvalue weighted by atomic mass is 32.2. The van der Waals surface area contributed by atoms with Crippen LogP contribution in [-0.4, -0.2) is 24.0 Å². The number of nitrogens with one attached hydrogen (secondary N) is 1. The Balaban J connectivity index is 1.70. The molecule has 1 aliphatic heterocycles. The van der Waals surface area contributed by atoms with Crippen molar-refractivity contribution in [2.75, 3.05) is 23.3 Å². The second-order valence-corrected chi connectivity index (χ2v) is 6.56. The number of hydrogen-bond acceptors (Lipinski definition) is 6. The topological polar surface area (TPSA) is 95.0 Å². The van der Waals surface area contributed by atoms with Crippen LogP contribution in [-0.2, 0) is 4.79 Å². The number of amides is 1. The summed E-state index contributed by atoms with van der Waals surface area (Å²) in [6.07, 6.45) is 3.37. The van der Waals surface area contributed by atoms with Gasteiger partial charge in [-0.15, -0.1) is 0 Å². The van der Waals surface area contributed by atoms with E-state index in [-0.39, 0.29) is 11.8 Å². The second-order valence-electron chi connectivity index (χ2n) is 5.90. The maximum Gasteiger partial charge on any atom is 0.229 e. The average molecular weight is 353 g/mol. The first-order chi connectivity index (χ1) is 12.2. The lowest BCUT2D eigenvalue weighted by molar-refractivity contribution is -0.120. The van der Waals surface area contributed by atoms with Gasteiger partial charge in [0.15, 0.2) is 0 Å². The lowest BCUT2D eigenvalue weighted by Gasteiger charge is -2.34. The maximum atomic E-state index is 12.6. The van der Waals surface area contributed by atoms with Crippen LogP contribution in [0.15, 0.2) is 47.6 Å². The van der Waals surface area contributed by atoms with E-state index >= 15 is 0 Å². The molecule has 1 unspecified atom stereocenters. The molecule has 1 aliphatic rings. The van der Waals surface area contributed by atoms with Crippen LogP contribution in [0, 0.1) is 17.2 Å². The molecule has 7 heteroatoms. The van der Waals surface area contributed by atoms with Gasteiger partial charge in [-0.1, -0.05) is 12.1 Å². The van der Waals surface area contributed by atoms with Gasteiger partial charge < -0.3 is 10.2 Å². The molecule has 2 aromatic rings. The van der Waals surface area contributed by atoms with E-state index in [2.05, 4.69) is 21.3 Å². The molecule has 0 aliphatic carbocycles. The van der Waals surface area contributed by atoms with E-state index in [1.807, 2.05) is 24.3 Å². The molecule has 1 aromatic carbocycles. The molecule has 25 heavy (non-hydrogen) atoms. The minimum Gasteiger partial charge on any atom is -0.370 e. The molecule has 1 aromatic heterocycles. The zero-order chi connectivity index (χ0) is 17.6.